The van der Waals surface area contributed by atoms with Gasteiger partial charge in [0.05, 0.1) is 4.58 Å². The lowest BCUT2D eigenvalue weighted by molar-refractivity contribution is 0.470. The van der Waals surface area contributed by atoms with E-state index in [0.29, 0.717) is 5.75 Å². The van der Waals surface area contributed by atoms with Gasteiger partial charge in [-0.05, 0) is 42.5 Å². The minimum Gasteiger partial charge on any atom is -0.508 e. The van der Waals surface area contributed by atoms with Gasteiger partial charge in [-0.1, -0.05) is 52.3 Å². The normalized spacial score (nSPS) is 10.9. The van der Waals surface area contributed by atoms with Crippen LogP contribution in [0.3, 0.4) is 0 Å². The maximum Gasteiger partial charge on any atom is 0.120 e. The summed E-state index contributed by atoms with van der Waals surface area (Å²) in [5.41, 5.74) is 0.919. The van der Waals surface area contributed by atoms with Gasteiger partial charge in [-0.15, -0.1) is 23.5 Å². The summed E-state index contributed by atoms with van der Waals surface area (Å²) in [5.74, 6) is 0.324. The SMILES string of the molecule is Oc1ccc(Br)cc1C(Sc1ccccc1)Sc1ccccc1. The first-order valence-corrected chi connectivity index (χ1v) is 9.69. The van der Waals surface area contributed by atoms with Crippen molar-refractivity contribution in [1.29, 1.82) is 0 Å². The number of thioether (sulfide) groups is 2. The molecule has 23 heavy (non-hydrogen) atoms. The van der Waals surface area contributed by atoms with E-state index in [2.05, 4.69) is 40.2 Å². The zero-order chi connectivity index (χ0) is 16.1. The van der Waals surface area contributed by atoms with Gasteiger partial charge in [0.2, 0.25) is 0 Å². The Morgan fingerprint density at radius 3 is 1.78 bits per heavy atom. The summed E-state index contributed by atoms with van der Waals surface area (Å²) >= 11 is 6.99. The van der Waals surface area contributed by atoms with Gasteiger partial charge in [0.25, 0.3) is 0 Å². The first kappa shape index (κ1) is 16.5. The summed E-state index contributed by atoms with van der Waals surface area (Å²) in [6.07, 6.45) is 0. The van der Waals surface area contributed by atoms with Crippen LogP contribution in [-0.4, -0.2) is 5.11 Å². The van der Waals surface area contributed by atoms with Gasteiger partial charge in [-0.2, -0.15) is 0 Å². The molecule has 0 heterocycles. The third-order valence-electron chi connectivity index (χ3n) is 3.22. The molecule has 0 fully saturated rings. The van der Waals surface area contributed by atoms with Gasteiger partial charge in [0, 0.05) is 19.8 Å². The van der Waals surface area contributed by atoms with Gasteiger partial charge in [-0.3, -0.25) is 0 Å². The van der Waals surface area contributed by atoms with E-state index in [1.807, 2.05) is 48.5 Å². The first-order chi connectivity index (χ1) is 11.2. The Hall–Kier alpha value is -1.36. The molecule has 0 radical (unpaired) electrons. The summed E-state index contributed by atoms with van der Waals surface area (Å²) in [5, 5.41) is 10.3. The number of benzene rings is 3. The molecular formula is C19H15BrOS2. The van der Waals surface area contributed by atoms with Crippen molar-refractivity contribution < 1.29 is 5.11 Å². The Labute approximate surface area is 153 Å². The fraction of sp³-hybridized carbons (Fsp3) is 0.0526. The van der Waals surface area contributed by atoms with Crippen LogP contribution in [0.5, 0.6) is 5.75 Å². The number of phenolic OH excluding ortho intramolecular Hbond substituents is 1. The van der Waals surface area contributed by atoms with Crippen molar-refractivity contribution in [3.05, 3.63) is 88.9 Å². The number of halogens is 1. The minimum atomic E-state index is 0.0669. The van der Waals surface area contributed by atoms with E-state index in [1.165, 1.54) is 9.79 Å². The molecule has 4 heteroatoms. The Kier molecular flexibility index (Phi) is 5.70. The van der Waals surface area contributed by atoms with Crippen molar-refractivity contribution in [2.24, 2.45) is 0 Å². The lowest BCUT2D eigenvalue weighted by Crippen LogP contribution is -1.91. The molecular weight excluding hydrogens is 388 g/mol. The summed E-state index contributed by atoms with van der Waals surface area (Å²) in [6.45, 7) is 0. The molecule has 0 saturated heterocycles. The molecule has 0 bridgehead atoms. The molecule has 0 aromatic heterocycles. The molecule has 1 N–H and O–H groups in total. The molecule has 3 aromatic carbocycles. The molecule has 1 nitrogen and oxygen atoms in total. The molecule has 116 valence electrons. The van der Waals surface area contributed by atoms with Crippen LogP contribution in [0.2, 0.25) is 0 Å². The highest BCUT2D eigenvalue weighted by Crippen LogP contribution is 2.49. The Morgan fingerprint density at radius 1 is 0.739 bits per heavy atom. The highest BCUT2D eigenvalue weighted by atomic mass is 79.9. The van der Waals surface area contributed by atoms with Crippen LogP contribution >= 0.6 is 39.5 Å². The van der Waals surface area contributed by atoms with E-state index >= 15 is 0 Å². The van der Waals surface area contributed by atoms with E-state index in [9.17, 15) is 5.11 Å². The fourth-order valence-corrected chi connectivity index (χ4v) is 5.10. The van der Waals surface area contributed by atoms with Crippen molar-refractivity contribution in [1.82, 2.24) is 0 Å². The van der Waals surface area contributed by atoms with E-state index in [-0.39, 0.29) is 4.58 Å². The molecule has 0 saturated carbocycles. The minimum absolute atomic E-state index is 0.0669. The van der Waals surface area contributed by atoms with Gasteiger partial charge in [0.15, 0.2) is 0 Å². The number of hydrogen-bond donors (Lipinski definition) is 1. The lowest BCUT2D eigenvalue weighted by Gasteiger charge is -2.18. The van der Waals surface area contributed by atoms with Crippen molar-refractivity contribution >= 4 is 39.5 Å². The van der Waals surface area contributed by atoms with Crippen molar-refractivity contribution in [2.45, 2.75) is 14.4 Å². The van der Waals surface area contributed by atoms with E-state index in [4.69, 9.17) is 0 Å². The standard InChI is InChI=1S/C19H15BrOS2/c20-14-11-12-18(21)17(13-14)19(22-15-7-3-1-4-8-15)23-16-9-5-2-6-10-16/h1-13,19,21H. The van der Waals surface area contributed by atoms with Crippen LogP contribution < -0.4 is 0 Å². The third-order valence-corrected chi connectivity index (χ3v) is 6.31. The van der Waals surface area contributed by atoms with Gasteiger partial charge in [-0.25, -0.2) is 0 Å². The van der Waals surface area contributed by atoms with Gasteiger partial charge >= 0.3 is 0 Å². The smallest absolute Gasteiger partial charge is 0.120 e. The number of rotatable bonds is 5. The maximum atomic E-state index is 10.3. The highest BCUT2D eigenvalue weighted by Gasteiger charge is 2.19. The van der Waals surface area contributed by atoms with Crippen LogP contribution in [-0.2, 0) is 0 Å². The summed E-state index contributed by atoms with van der Waals surface area (Å²) in [7, 11) is 0. The molecule has 0 aliphatic rings. The number of hydrogen-bond acceptors (Lipinski definition) is 3. The van der Waals surface area contributed by atoms with Crippen LogP contribution in [0.25, 0.3) is 0 Å². The fourth-order valence-electron chi connectivity index (χ4n) is 2.11. The van der Waals surface area contributed by atoms with Crippen LogP contribution in [0, 0.1) is 0 Å². The molecule has 0 aliphatic carbocycles. The largest absolute Gasteiger partial charge is 0.508 e. The van der Waals surface area contributed by atoms with E-state index in [1.54, 1.807) is 29.6 Å². The van der Waals surface area contributed by atoms with Crippen LogP contribution in [0.4, 0.5) is 0 Å². The van der Waals surface area contributed by atoms with Crippen molar-refractivity contribution in [2.75, 3.05) is 0 Å². The molecule has 0 unspecified atom stereocenters. The zero-order valence-corrected chi connectivity index (χ0v) is 15.4. The average Bonchev–Trinajstić information content (AvgIpc) is 2.58. The predicted molar refractivity (Wildman–Crippen MR) is 103 cm³/mol. The number of phenols is 1. The average molecular weight is 403 g/mol. The number of aromatic hydroxyl groups is 1. The van der Waals surface area contributed by atoms with E-state index < -0.39 is 0 Å². The summed E-state index contributed by atoms with van der Waals surface area (Å²) in [6, 6.07) is 26.1. The Balaban J connectivity index is 1.94. The molecule has 3 rings (SSSR count). The zero-order valence-electron chi connectivity index (χ0n) is 12.2. The molecule has 0 spiro atoms. The van der Waals surface area contributed by atoms with Gasteiger partial charge < -0.3 is 5.11 Å². The third kappa shape index (κ3) is 4.56. The molecule has 0 amide bonds. The van der Waals surface area contributed by atoms with Crippen molar-refractivity contribution in [3.63, 3.8) is 0 Å². The lowest BCUT2D eigenvalue weighted by atomic mass is 10.2. The molecule has 0 atom stereocenters. The predicted octanol–water partition coefficient (Wildman–Crippen LogP) is 6.74. The van der Waals surface area contributed by atoms with E-state index in [0.717, 1.165) is 10.0 Å². The quantitative estimate of drug-likeness (QED) is 0.376. The first-order valence-electron chi connectivity index (χ1n) is 7.14. The second-order valence-electron chi connectivity index (χ2n) is 4.90. The van der Waals surface area contributed by atoms with Crippen LogP contribution in [0.1, 0.15) is 10.1 Å². The van der Waals surface area contributed by atoms with Crippen LogP contribution in [0.15, 0.2) is 93.1 Å². The topological polar surface area (TPSA) is 20.2 Å². The monoisotopic (exact) mass is 402 g/mol. The molecule has 0 aliphatic heterocycles. The maximum absolute atomic E-state index is 10.3. The Morgan fingerprint density at radius 2 is 1.26 bits per heavy atom. The van der Waals surface area contributed by atoms with Crippen molar-refractivity contribution in [3.8, 4) is 5.75 Å². The second kappa shape index (κ2) is 7.95. The highest BCUT2D eigenvalue weighted by molar-refractivity contribution is 9.10. The molecule has 3 aromatic rings. The second-order valence-corrected chi connectivity index (χ2v) is 8.47. The summed E-state index contributed by atoms with van der Waals surface area (Å²) < 4.78 is 1.04. The Bertz CT molecular complexity index is 721. The summed E-state index contributed by atoms with van der Waals surface area (Å²) in [4.78, 5) is 2.36. The van der Waals surface area contributed by atoms with Gasteiger partial charge in [0.1, 0.15) is 5.75 Å².